The normalized spacial score (nSPS) is 10.5. The van der Waals surface area contributed by atoms with Crippen molar-refractivity contribution in [1.29, 1.82) is 0 Å². The van der Waals surface area contributed by atoms with Gasteiger partial charge in [0, 0.05) is 16.8 Å². The number of carboxylic acid groups (broad SMARTS) is 2. The zero-order valence-electron chi connectivity index (χ0n) is 6.54. The Morgan fingerprint density at radius 1 is 1.00 bits per heavy atom. The fourth-order valence-electron chi connectivity index (χ4n) is 0. The molecule has 1 atom stereocenters. The van der Waals surface area contributed by atoms with Gasteiger partial charge in [0.15, 0.2) is 0 Å². The van der Waals surface area contributed by atoms with Crippen LogP contribution in [0, 0.1) is 0 Å². The molecule has 1 radical (unpaired) electrons. The average molecular weight is 241 g/mol. The van der Waals surface area contributed by atoms with E-state index < -0.39 is 24.3 Å². The van der Waals surface area contributed by atoms with E-state index in [1.54, 1.807) is 0 Å². The summed E-state index contributed by atoms with van der Waals surface area (Å²) in [7, 11) is 0. The summed E-state index contributed by atoms with van der Waals surface area (Å²) in [6, 6.07) is 0. The molecular weight excluding hydrogens is 231 g/mol. The van der Waals surface area contributed by atoms with E-state index in [4.69, 9.17) is 25.5 Å². The maximum atomic E-state index is 9.45. The number of hydrogen-bond acceptors (Lipinski definition) is 5. The molecule has 0 rings (SSSR count). The minimum atomic E-state index is -2.23. The number of carbonyl (C=O) groups is 2. The monoisotopic (exact) mass is 241 g/mol. The van der Waals surface area contributed by atoms with Crippen LogP contribution < -0.4 is 0 Å². The number of aliphatic carboxylic acids is 2. The van der Waals surface area contributed by atoms with Gasteiger partial charge in [-0.3, -0.25) is 0 Å². The Balaban J connectivity index is -0.000000143. The molecule has 0 aromatic heterocycles. The Morgan fingerprint density at radius 2 is 1.15 bits per heavy atom. The van der Waals surface area contributed by atoms with Crippen LogP contribution in [-0.4, -0.2) is 49.9 Å². The van der Waals surface area contributed by atoms with Crippen LogP contribution in [0.15, 0.2) is 0 Å². The first-order chi connectivity index (χ1) is 5.29. The molecule has 8 heteroatoms. The molecule has 7 nitrogen and oxygen atoms in total. The van der Waals surface area contributed by atoms with Crippen molar-refractivity contribution >= 4 is 11.9 Å². The quantitative estimate of drug-likeness (QED) is 0.347. The van der Waals surface area contributed by atoms with Gasteiger partial charge in [0.05, 0.1) is 0 Å². The van der Waals surface area contributed by atoms with Gasteiger partial charge in [0.1, 0.15) is 6.10 Å². The van der Waals surface area contributed by atoms with E-state index in [-0.39, 0.29) is 16.8 Å². The summed E-state index contributed by atoms with van der Waals surface area (Å²) in [5, 5.41) is 38.4. The van der Waals surface area contributed by atoms with E-state index in [2.05, 4.69) is 0 Å². The van der Waals surface area contributed by atoms with Gasteiger partial charge >= 0.3 is 11.9 Å². The molecule has 0 spiro atoms. The fourth-order valence-corrected chi connectivity index (χ4v) is 0. The predicted molar refractivity (Wildman–Crippen MR) is 35.2 cm³/mol. The van der Waals surface area contributed by atoms with Gasteiger partial charge in [-0.05, 0) is 6.92 Å². The molecular formula is C5H10CoO7. The topological polar surface area (TPSA) is 135 Å². The van der Waals surface area contributed by atoms with E-state index in [0.717, 1.165) is 0 Å². The Hall–Kier alpha value is -0.674. The largest absolute Gasteiger partial charge is 0.479 e. The van der Waals surface area contributed by atoms with Crippen LogP contribution in [-0.2, 0) is 26.4 Å². The summed E-state index contributed by atoms with van der Waals surface area (Å²) < 4.78 is 0. The van der Waals surface area contributed by atoms with Crippen molar-refractivity contribution in [3.8, 4) is 0 Å². The molecule has 0 aliphatic heterocycles. The first kappa shape index (κ1) is 18.2. The number of rotatable bonds is 2. The van der Waals surface area contributed by atoms with Gasteiger partial charge in [-0.25, -0.2) is 9.59 Å². The van der Waals surface area contributed by atoms with Crippen molar-refractivity contribution < 1.29 is 51.9 Å². The Kier molecular flexibility index (Phi) is 13.2. The van der Waals surface area contributed by atoms with E-state index >= 15 is 0 Å². The second kappa shape index (κ2) is 9.41. The fraction of sp³-hybridized carbons (Fsp3) is 0.600. The number of carboxylic acids is 2. The number of aliphatic hydroxyl groups excluding tert-OH is 2. The van der Waals surface area contributed by atoms with Crippen LogP contribution in [0.1, 0.15) is 6.92 Å². The minimum Gasteiger partial charge on any atom is -0.479 e. The summed E-state index contributed by atoms with van der Waals surface area (Å²) in [6.45, 7) is 1.20. The molecule has 0 bridgehead atoms. The molecule has 0 amide bonds. The summed E-state index contributed by atoms with van der Waals surface area (Å²) >= 11 is 0. The van der Waals surface area contributed by atoms with Gasteiger partial charge in [-0.2, -0.15) is 0 Å². The van der Waals surface area contributed by atoms with Gasteiger partial charge in [0.2, 0.25) is 0 Å². The maximum Gasteiger partial charge on any atom is 0.360 e. The van der Waals surface area contributed by atoms with Crippen molar-refractivity contribution in [2.24, 2.45) is 0 Å². The van der Waals surface area contributed by atoms with E-state index in [0.29, 0.717) is 0 Å². The second-order valence-corrected chi connectivity index (χ2v) is 1.73. The minimum absolute atomic E-state index is 0. The van der Waals surface area contributed by atoms with Crippen molar-refractivity contribution in [1.82, 2.24) is 0 Å². The molecule has 0 fully saturated rings. The summed E-state index contributed by atoms with van der Waals surface area (Å²) in [5.74, 6) is -2.81. The molecule has 1 unspecified atom stereocenters. The molecule has 81 valence electrons. The van der Waals surface area contributed by atoms with Gasteiger partial charge in [-0.1, -0.05) is 0 Å². The van der Waals surface area contributed by atoms with Crippen LogP contribution in [0.2, 0.25) is 0 Å². The molecule has 0 heterocycles. The van der Waals surface area contributed by atoms with Crippen LogP contribution in [0.25, 0.3) is 0 Å². The van der Waals surface area contributed by atoms with Crippen molar-refractivity contribution in [3.05, 3.63) is 0 Å². The molecule has 13 heavy (non-hydrogen) atoms. The molecule has 0 aromatic carbocycles. The average Bonchev–Trinajstić information content (AvgIpc) is 1.88. The van der Waals surface area contributed by atoms with Crippen molar-refractivity contribution in [2.75, 3.05) is 0 Å². The van der Waals surface area contributed by atoms with Crippen LogP contribution in [0.3, 0.4) is 0 Å². The van der Waals surface area contributed by atoms with Gasteiger partial charge in [-0.15, -0.1) is 0 Å². The Labute approximate surface area is 83.8 Å². The third kappa shape index (κ3) is 18.4. The number of aliphatic hydroxyl groups is 3. The zero-order chi connectivity index (χ0) is 10.3. The molecule has 0 aliphatic carbocycles. The smallest absolute Gasteiger partial charge is 0.360 e. The first-order valence-corrected chi connectivity index (χ1v) is 2.78. The van der Waals surface area contributed by atoms with Gasteiger partial charge in [0.25, 0.3) is 6.29 Å². The van der Waals surface area contributed by atoms with Crippen LogP contribution in [0.4, 0.5) is 0 Å². The van der Waals surface area contributed by atoms with Crippen molar-refractivity contribution in [3.63, 3.8) is 0 Å². The van der Waals surface area contributed by atoms with Crippen LogP contribution in [0.5, 0.6) is 0 Å². The summed E-state index contributed by atoms with van der Waals surface area (Å²) in [5.41, 5.74) is 0. The van der Waals surface area contributed by atoms with E-state index in [1.807, 2.05) is 0 Å². The van der Waals surface area contributed by atoms with Gasteiger partial charge < -0.3 is 25.5 Å². The Morgan fingerprint density at radius 3 is 1.15 bits per heavy atom. The standard InChI is InChI=1S/C3H6O3.C2H4O4.Co/c1-2(4)3(5)6;3-1(4)2(5)6;/h2,4H,1H3,(H,5,6);1,3-4H,(H,5,6);. The second-order valence-electron chi connectivity index (χ2n) is 1.73. The van der Waals surface area contributed by atoms with Crippen molar-refractivity contribution in [2.45, 2.75) is 19.3 Å². The van der Waals surface area contributed by atoms with E-state index in [1.165, 1.54) is 6.92 Å². The van der Waals surface area contributed by atoms with E-state index in [9.17, 15) is 9.59 Å². The molecule has 0 aromatic rings. The zero-order valence-corrected chi connectivity index (χ0v) is 7.58. The molecule has 0 saturated carbocycles. The molecule has 0 aliphatic rings. The molecule has 0 saturated heterocycles. The Bertz CT molecular complexity index is 137. The maximum absolute atomic E-state index is 9.45. The third-order valence-corrected chi connectivity index (χ3v) is 0.578. The predicted octanol–water partition coefficient (Wildman–Crippen LogP) is -2.17. The van der Waals surface area contributed by atoms with Crippen LogP contribution >= 0.6 is 0 Å². The third-order valence-electron chi connectivity index (χ3n) is 0.578. The summed E-state index contributed by atoms with van der Waals surface area (Å²) in [4.78, 5) is 18.6. The number of hydrogen-bond donors (Lipinski definition) is 5. The molecule has 5 N–H and O–H groups in total. The summed E-state index contributed by atoms with van der Waals surface area (Å²) in [6.07, 6.45) is -3.46. The SMILES string of the molecule is CC(O)C(=O)O.O=C(O)C(O)O.[Co]. The first-order valence-electron chi connectivity index (χ1n) is 2.78.